The zero-order valence-electron chi connectivity index (χ0n) is 43.3. The van der Waals surface area contributed by atoms with Crippen molar-refractivity contribution in [3.63, 3.8) is 0 Å². The summed E-state index contributed by atoms with van der Waals surface area (Å²) in [4.78, 5) is 62.6. The minimum absolute atomic E-state index is 0.244. The molecule has 2 aromatic heterocycles. The number of piperazine rings is 1. The van der Waals surface area contributed by atoms with Crippen molar-refractivity contribution in [2.45, 2.75) is 109 Å². The van der Waals surface area contributed by atoms with Crippen LogP contribution >= 0.6 is 0 Å². The van der Waals surface area contributed by atoms with Gasteiger partial charge in [-0.05, 0) is 86.6 Å². The number of carbonyl (C=O) groups is 4. The van der Waals surface area contributed by atoms with Gasteiger partial charge in [0.25, 0.3) is 5.91 Å². The Labute approximate surface area is 439 Å². The van der Waals surface area contributed by atoms with E-state index in [9.17, 15) is 46.2 Å². The molecule has 4 amide bonds. The molecule has 3 saturated heterocycles. The van der Waals surface area contributed by atoms with Gasteiger partial charge < -0.3 is 40.2 Å². The predicted molar refractivity (Wildman–Crippen MR) is 266 cm³/mol. The number of nitrogens with zero attached hydrogens (tertiary/aromatic N) is 6. The maximum Gasteiger partial charge on any atom is 0.407 e. The number of carbonyl (C=O) groups excluding carboxylic acids is 4. The highest BCUT2D eigenvalue weighted by Crippen LogP contribution is 2.41. The van der Waals surface area contributed by atoms with Crippen molar-refractivity contribution in [1.82, 2.24) is 41.0 Å². The van der Waals surface area contributed by atoms with Crippen LogP contribution in [0, 0.1) is 34.3 Å². The number of aromatic nitrogens is 3. The molecule has 7 rings (SSSR count). The standard InChI is InChI=1S/C52H61F7N10O8/c1-50(2,3)43(62-48(73)75-6)46(72)65-68(42-36(53)21-32(22-37(42)54)38-18-19-67(64-38)47(55)56)26-40(70)39(61-45(71)44(63-49(74)76-7)51(4,5)52(57,58)59)20-30-11-8-29(9-12-30)10-13-31-14-17-41(60-23-31)66-24-33-15-16-34(25-66)69(33)35-27-77-28-35/h8-9,11-12,14,17-19,21-23,33-35,39-40,43-44,47,70H,15-16,20,24-28H2,1-7H3,(H,61,71)(H,62,73)(H,63,74)(H,65,72)/t33?,34?,39-,40-,43+,44?/m0/s1. The van der Waals surface area contributed by atoms with E-state index in [4.69, 9.17) is 9.72 Å². The molecule has 3 aliphatic heterocycles. The molecule has 0 spiro atoms. The number of methoxy groups -OCH3 is 2. The monoisotopic (exact) mass is 1090 g/mol. The molecule has 3 fully saturated rings. The summed E-state index contributed by atoms with van der Waals surface area (Å²) in [5, 5.41) is 22.9. The van der Waals surface area contributed by atoms with Crippen LogP contribution in [0.4, 0.5) is 51.8 Å². The van der Waals surface area contributed by atoms with Crippen LogP contribution in [0.15, 0.2) is 67.0 Å². The lowest BCUT2D eigenvalue weighted by Gasteiger charge is -2.47. The van der Waals surface area contributed by atoms with Crippen molar-refractivity contribution in [1.29, 1.82) is 0 Å². The Hall–Kier alpha value is -7.17. The molecular formula is C52H61F7N10O8. The zero-order chi connectivity index (χ0) is 56.1. The number of alkyl carbamates (subject to hydrolysis) is 2. The number of benzene rings is 2. The Balaban J connectivity index is 1.18. The number of hydrazine groups is 1. The highest BCUT2D eigenvalue weighted by Gasteiger charge is 2.56. The van der Waals surface area contributed by atoms with Gasteiger partial charge in [0.2, 0.25) is 5.91 Å². The molecule has 2 bridgehead atoms. The van der Waals surface area contributed by atoms with Crippen molar-refractivity contribution < 1.29 is 69.2 Å². The first-order chi connectivity index (χ1) is 36.3. The number of halogens is 7. The van der Waals surface area contributed by atoms with Gasteiger partial charge in [0.15, 0.2) is 11.6 Å². The molecule has 5 N–H and O–H groups in total. The zero-order valence-corrected chi connectivity index (χ0v) is 43.3. The lowest BCUT2D eigenvalue weighted by Crippen LogP contribution is -2.63. The van der Waals surface area contributed by atoms with Gasteiger partial charge in [-0.1, -0.05) is 44.7 Å². The van der Waals surface area contributed by atoms with Gasteiger partial charge in [-0.25, -0.2) is 28.0 Å². The Bertz CT molecular complexity index is 2780. The number of aliphatic hydroxyl groups is 1. The van der Waals surface area contributed by atoms with Crippen LogP contribution in [0.2, 0.25) is 0 Å². The van der Waals surface area contributed by atoms with Gasteiger partial charge in [-0.3, -0.25) is 24.9 Å². The first kappa shape index (κ1) is 57.5. The van der Waals surface area contributed by atoms with Crippen molar-refractivity contribution in [3.8, 4) is 23.1 Å². The number of alkyl halides is 5. The summed E-state index contributed by atoms with van der Waals surface area (Å²) in [7, 11) is 1.89. The molecule has 3 aliphatic rings. The van der Waals surface area contributed by atoms with E-state index in [-0.39, 0.29) is 22.4 Å². The average molecular weight is 1090 g/mol. The largest absolute Gasteiger partial charge is 0.453 e. The van der Waals surface area contributed by atoms with E-state index in [2.05, 4.69) is 52.3 Å². The van der Waals surface area contributed by atoms with E-state index in [1.54, 1.807) is 30.5 Å². The molecule has 6 atom stereocenters. The fraction of sp³-hybridized carbons (Fsp3) is 0.500. The highest BCUT2D eigenvalue weighted by molar-refractivity contribution is 5.88. The Morgan fingerprint density at radius 1 is 0.818 bits per heavy atom. The molecule has 416 valence electrons. The molecule has 0 radical (unpaired) electrons. The van der Waals surface area contributed by atoms with E-state index in [0.29, 0.717) is 65.8 Å². The molecule has 0 saturated carbocycles. The first-order valence-electron chi connectivity index (χ1n) is 24.6. The maximum atomic E-state index is 16.4. The van der Waals surface area contributed by atoms with Gasteiger partial charge in [0.05, 0.1) is 63.3 Å². The minimum Gasteiger partial charge on any atom is -0.453 e. The third-order valence-electron chi connectivity index (χ3n) is 13.9. The van der Waals surface area contributed by atoms with Crippen LogP contribution in [-0.2, 0) is 30.2 Å². The summed E-state index contributed by atoms with van der Waals surface area (Å²) >= 11 is 0. The lowest BCUT2D eigenvalue weighted by molar-refractivity contribution is -0.220. The molecule has 5 heterocycles. The van der Waals surface area contributed by atoms with Crippen LogP contribution in [0.1, 0.15) is 70.7 Å². The van der Waals surface area contributed by atoms with Gasteiger partial charge in [0.1, 0.15) is 23.6 Å². The topological polar surface area (TPSA) is 205 Å². The van der Waals surface area contributed by atoms with E-state index in [0.717, 1.165) is 71.4 Å². The van der Waals surface area contributed by atoms with Crippen molar-refractivity contribution in [2.24, 2.45) is 10.8 Å². The van der Waals surface area contributed by atoms with Gasteiger partial charge in [0, 0.05) is 54.3 Å². The normalized spacial score (nSPS) is 18.5. The summed E-state index contributed by atoms with van der Waals surface area (Å²) in [6.07, 6.45) is -5.20. The van der Waals surface area contributed by atoms with Gasteiger partial charge in [-0.2, -0.15) is 27.1 Å². The number of pyridine rings is 1. The SMILES string of the molecule is COC(=O)NC(C(=O)N[C@@H](Cc1ccc(C#Cc2ccc(N3CC4CCC(C3)N4C3COC3)nc2)cc1)[C@@H](O)CN(NC(=O)[C@@H](NC(=O)OC)C(C)(C)C)c1c(F)cc(-c2ccn(C(F)F)n2)cc1F)C(C)(C)C(F)(F)F. The van der Waals surface area contributed by atoms with Crippen molar-refractivity contribution in [3.05, 3.63) is 95.3 Å². The maximum absolute atomic E-state index is 16.4. The smallest absolute Gasteiger partial charge is 0.407 e. The summed E-state index contributed by atoms with van der Waals surface area (Å²) in [6, 6.07) is 8.44. The van der Waals surface area contributed by atoms with Crippen LogP contribution in [-0.4, -0.2) is 144 Å². The number of hydrogen-bond acceptors (Lipinski definition) is 13. The number of rotatable bonds is 17. The second-order valence-electron chi connectivity index (χ2n) is 20.7. The number of ether oxygens (including phenoxy) is 3. The molecular weight excluding hydrogens is 1030 g/mol. The molecule has 77 heavy (non-hydrogen) atoms. The van der Waals surface area contributed by atoms with Crippen LogP contribution in [0.5, 0.6) is 0 Å². The second kappa shape index (κ2) is 23.6. The Kier molecular flexibility index (Phi) is 17.6. The molecule has 25 heteroatoms. The number of nitrogens with one attached hydrogen (secondary N) is 4. The molecule has 18 nitrogen and oxygen atoms in total. The van der Waals surface area contributed by atoms with E-state index < -0.39 is 95.7 Å². The number of fused-ring (bicyclic) bond motifs is 2. The number of aliphatic hydroxyl groups excluding tert-OH is 1. The van der Waals surface area contributed by atoms with Gasteiger partial charge >= 0.3 is 24.9 Å². The van der Waals surface area contributed by atoms with Crippen molar-refractivity contribution in [2.75, 3.05) is 57.0 Å². The first-order valence-corrected chi connectivity index (χ1v) is 24.6. The van der Waals surface area contributed by atoms with E-state index in [1.165, 1.54) is 20.8 Å². The predicted octanol–water partition coefficient (Wildman–Crippen LogP) is 6.08. The Morgan fingerprint density at radius 3 is 1.91 bits per heavy atom. The lowest BCUT2D eigenvalue weighted by atomic mass is 9.82. The highest BCUT2D eigenvalue weighted by atomic mass is 19.4. The fourth-order valence-electron chi connectivity index (χ4n) is 9.48. The number of anilines is 2. The third kappa shape index (κ3) is 13.5. The number of amides is 4. The number of hydrogen-bond donors (Lipinski definition) is 5. The van der Waals surface area contributed by atoms with Gasteiger partial charge in [-0.15, -0.1) is 0 Å². The van der Waals surface area contributed by atoms with E-state index in [1.807, 2.05) is 17.4 Å². The van der Waals surface area contributed by atoms with Crippen LogP contribution in [0.25, 0.3) is 11.3 Å². The molecule has 2 aromatic carbocycles. The quantitative estimate of drug-likeness (QED) is 0.0463. The summed E-state index contributed by atoms with van der Waals surface area (Å²) in [5.41, 5.74) is -1.90. The van der Waals surface area contributed by atoms with Crippen LogP contribution in [0.3, 0.4) is 0 Å². The summed E-state index contributed by atoms with van der Waals surface area (Å²) in [5.74, 6) is 1.57. The second-order valence-corrected chi connectivity index (χ2v) is 20.7. The van der Waals surface area contributed by atoms with Crippen molar-refractivity contribution >= 4 is 35.5 Å². The molecule has 4 aromatic rings. The Morgan fingerprint density at radius 2 is 1.40 bits per heavy atom. The summed E-state index contributed by atoms with van der Waals surface area (Å²) in [6.45, 7) is 5.08. The van der Waals surface area contributed by atoms with Crippen LogP contribution < -0.4 is 31.3 Å². The minimum atomic E-state index is -5.11. The molecule has 3 unspecified atom stereocenters. The fourth-order valence-corrected chi connectivity index (χ4v) is 9.48. The summed E-state index contributed by atoms with van der Waals surface area (Å²) < 4.78 is 118. The average Bonchev–Trinajstić information content (AvgIpc) is 3.98. The molecule has 0 aliphatic carbocycles. The third-order valence-corrected chi connectivity index (χ3v) is 13.9. The van der Waals surface area contributed by atoms with E-state index >= 15 is 8.78 Å².